The number of β-amino-alcohol motifs (C(OH)–C–C–N with tert-alkyl or cyclic N) is 1. The predicted octanol–water partition coefficient (Wildman–Crippen LogP) is -1.11. The topological polar surface area (TPSA) is 89.9 Å². The zero-order valence-electron chi connectivity index (χ0n) is 9.80. The van der Waals surface area contributed by atoms with Crippen LogP contribution in [0.4, 0.5) is 0 Å². The molecule has 0 radical (unpaired) electrons. The van der Waals surface area contributed by atoms with Gasteiger partial charge in [-0.1, -0.05) is 6.92 Å². The van der Waals surface area contributed by atoms with Crippen molar-refractivity contribution in [1.82, 2.24) is 10.2 Å². The molecule has 0 aromatic heterocycles. The van der Waals surface area contributed by atoms with Gasteiger partial charge in [-0.15, -0.1) is 0 Å². The largest absolute Gasteiger partial charge is 0.480 e. The molecule has 2 fully saturated rings. The highest BCUT2D eigenvalue weighted by Crippen LogP contribution is 2.25. The van der Waals surface area contributed by atoms with Crippen LogP contribution in [-0.4, -0.2) is 58.8 Å². The van der Waals surface area contributed by atoms with Crippen molar-refractivity contribution in [3.8, 4) is 0 Å². The molecule has 0 saturated carbocycles. The molecule has 4 atom stereocenters. The molecule has 0 aromatic carbocycles. The third-order valence-electron chi connectivity index (χ3n) is 3.68. The molecule has 0 aliphatic carbocycles. The van der Waals surface area contributed by atoms with Crippen molar-refractivity contribution in [3.05, 3.63) is 0 Å². The summed E-state index contributed by atoms with van der Waals surface area (Å²) in [6.45, 7) is 3.49. The molecule has 1 unspecified atom stereocenters. The van der Waals surface area contributed by atoms with Crippen LogP contribution in [-0.2, 0) is 9.59 Å². The molecule has 2 heterocycles. The van der Waals surface area contributed by atoms with Crippen LogP contribution in [0.5, 0.6) is 0 Å². The van der Waals surface area contributed by atoms with Crippen molar-refractivity contribution in [2.24, 2.45) is 11.8 Å². The molecule has 6 heteroatoms. The van der Waals surface area contributed by atoms with Gasteiger partial charge in [0.05, 0.1) is 12.0 Å². The summed E-state index contributed by atoms with van der Waals surface area (Å²) in [5, 5.41) is 21.7. The highest BCUT2D eigenvalue weighted by Gasteiger charge is 2.43. The second-order valence-corrected chi connectivity index (χ2v) is 4.98. The van der Waals surface area contributed by atoms with E-state index < -0.39 is 18.1 Å². The van der Waals surface area contributed by atoms with E-state index in [-0.39, 0.29) is 30.7 Å². The van der Waals surface area contributed by atoms with Gasteiger partial charge in [-0.3, -0.25) is 4.79 Å². The highest BCUT2D eigenvalue weighted by molar-refractivity contribution is 5.86. The zero-order chi connectivity index (χ0) is 12.6. The number of rotatable bonds is 2. The average Bonchev–Trinajstić information content (AvgIpc) is 2.83. The highest BCUT2D eigenvalue weighted by atomic mass is 16.4. The standard InChI is InChI=1S/C11H18N2O4/c1-6-3-12-4-8(6)10(15)13-5-7(14)2-9(13)11(16)17/h6-9,12,14H,2-5H2,1H3,(H,16,17)/t6-,7?,8-,9+/m1/s1. The maximum Gasteiger partial charge on any atom is 0.326 e. The monoisotopic (exact) mass is 242 g/mol. The fraction of sp³-hybridized carbons (Fsp3) is 0.818. The van der Waals surface area contributed by atoms with Gasteiger partial charge < -0.3 is 20.4 Å². The van der Waals surface area contributed by atoms with Crippen LogP contribution in [0.15, 0.2) is 0 Å². The first-order chi connectivity index (χ1) is 8.00. The zero-order valence-corrected chi connectivity index (χ0v) is 9.80. The van der Waals surface area contributed by atoms with E-state index in [1.54, 1.807) is 0 Å². The van der Waals surface area contributed by atoms with E-state index in [2.05, 4.69) is 5.32 Å². The summed E-state index contributed by atoms with van der Waals surface area (Å²) in [4.78, 5) is 24.6. The molecule has 3 N–H and O–H groups in total. The molecule has 0 bridgehead atoms. The van der Waals surface area contributed by atoms with Gasteiger partial charge in [0.2, 0.25) is 5.91 Å². The molecule has 6 nitrogen and oxygen atoms in total. The minimum Gasteiger partial charge on any atom is -0.480 e. The normalized spacial score (nSPS) is 37.4. The van der Waals surface area contributed by atoms with Gasteiger partial charge in [-0.25, -0.2) is 4.79 Å². The van der Waals surface area contributed by atoms with E-state index in [0.717, 1.165) is 6.54 Å². The van der Waals surface area contributed by atoms with E-state index in [0.29, 0.717) is 6.54 Å². The van der Waals surface area contributed by atoms with Gasteiger partial charge in [0.1, 0.15) is 6.04 Å². The Bertz CT molecular complexity index is 333. The molecular weight excluding hydrogens is 224 g/mol. The number of carboxylic acid groups (broad SMARTS) is 1. The summed E-state index contributed by atoms with van der Waals surface area (Å²) >= 11 is 0. The summed E-state index contributed by atoms with van der Waals surface area (Å²) in [5.41, 5.74) is 0. The van der Waals surface area contributed by atoms with Crippen LogP contribution in [0.1, 0.15) is 13.3 Å². The van der Waals surface area contributed by atoms with Crippen molar-refractivity contribution in [2.45, 2.75) is 25.5 Å². The Balaban J connectivity index is 2.10. The molecule has 1 amide bonds. The molecule has 17 heavy (non-hydrogen) atoms. The van der Waals surface area contributed by atoms with Crippen LogP contribution in [0, 0.1) is 11.8 Å². The number of nitrogens with one attached hydrogen (secondary N) is 1. The molecule has 2 aliphatic rings. The molecule has 96 valence electrons. The second-order valence-electron chi connectivity index (χ2n) is 4.98. The first-order valence-electron chi connectivity index (χ1n) is 5.92. The molecule has 2 rings (SSSR count). The second kappa shape index (κ2) is 4.62. The smallest absolute Gasteiger partial charge is 0.326 e. The van der Waals surface area contributed by atoms with Crippen LogP contribution in [0.2, 0.25) is 0 Å². The van der Waals surface area contributed by atoms with Gasteiger partial charge in [0, 0.05) is 19.5 Å². The SMILES string of the molecule is C[C@@H]1CNC[C@H]1C(=O)N1CC(O)C[C@H]1C(=O)O. The quantitative estimate of drug-likeness (QED) is 0.571. The molecular formula is C11H18N2O4. The van der Waals surface area contributed by atoms with E-state index in [4.69, 9.17) is 5.11 Å². The maximum atomic E-state index is 12.2. The fourth-order valence-corrected chi connectivity index (χ4v) is 2.65. The lowest BCUT2D eigenvalue weighted by atomic mass is 9.96. The Morgan fingerprint density at radius 3 is 2.59 bits per heavy atom. The van der Waals surface area contributed by atoms with E-state index in [1.165, 1.54) is 4.90 Å². The Hall–Kier alpha value is -1.14. The van der Waals surface area contributed by atoms with Crippen LogP contribution >= 0.6 is 0 Å². The number of carbonyl (C=O) groups excluding carboxylic acids is 1. The summed E-state index contributed by atoms with van der Waals surface area (Å²) < 4.78 is 0. The van der Waals surface area contributed by atoms with Crippen LogP contribution in [0.25, 0.3) is 0 Å². The fourth-order valence-electron chi connectivity index (χ4n) is 2.65. The van der Waals surface area contributed by atoms with E-state index in [1.807, 2.05) is 6.92 Å². The first kappa shape index (κ1) is 12.3. The lowest BCUT2D eigenvalue weighted by molar-refractivity contribution is -0.150. The third-order valence-corrected chi connectivity index (χ3v) is 3.68. The first-order valence-corrected chi connectivity index (χ1v) is 5.92. The van der Waals surface area contributed by atoms with E-state index >= 15 is 0 Å². The number of hydrogen-bond acceptors (Lipinski definition) is 4. The molecule has 2 aliphatic heterocycles. The number of aliphatic hydroxyl groups is 1. The number of aliphatic hydroxyl groups excluding tert-OH is 1. The number of likely N-dealkylation sites (tertiary alicyclic amines) is 1. The number of carboxylic acids is 1. The van der Waals surface area contributed by atoms with Crippen molar-refractivity contribution < 1.29 is 19.8 Å². The Kier molecular flexibility index (Phi) is 3.35. The minimum atomic E-state index is -1.03. The summed E-state index contributed by atoms with van der Waals surface area (Å²) in [7, 11) is 0. The number of carbonyl (C=O) groups is 2. The lowest BCUT2D eigenvalue weighted by Gasteiger charge is -2.25. The maximum absolute atomic E-state index is 12.2. The number of nitrogens with zero attached hydrogens (tertiary/aromatic N) is 1. The van der Waals surface area contributed by atoms with Gasteiger partial charge in [0.25, 0.3) is 0 Å². The van der Waals surface area contributed by atoms with Gasteiger partial charge in [0.15, 0.2) is 0 Å². The van der Waals surface area contributed by atoms with Crippen LogP contribution in [0.3, 0.4) is 0 Å². The van der Waals surface area contributed by atoms with Crippen molar-refractivity contribution >= 4 is 11.9 Å². The predicted molar refractivity (Wildman–Crippen MR) is 59.3 cm³/mol. The van der Waals surface area contributed by atoms with Crippen molar-refractivity contribution in [3.63, 3.8) is 0 Å². The lowest BCUT2D eigenvalue weighted by Crippen LogP contribution is -2.45. The molecule has 0 aromatic rings. The summed E-state index contributed by atoms with van der Waals surface area (Å²) in [6.07, 6.45) is -0.583. The Labute approximate surface area is 99.6 Å². The third kappa shape index (κ3) is 2.28. The van der Waals surface area contributed by atoms with Gasteiger partial charge in [-0.2, -0.15) is 0 Å². The summed E-state index contributed by atoms with van der Waals surface area (Å²) in [6, 6.07) is -0.870. The number of hydrogen-bond donors (Lipinski definition) is 3. The number of amides is 1. The Morgan fingerprint density at radius 1 is 1.35 bits per heavy atom. The van der Waals surface area contributed by atoms with Gasteiger partial charge in [-0.05, 0) is 12.5 Å². The summed E-state index contributed by atoms with van der Waals surface area (Å²) in [5.74, 6) is -1.13. The molecule has 2 saturated heterocycles. The van der Waals surface area contributed by atoms with Crippen molar-refractivity contribution in [2.75, 3.05) is 19.6 Å². The van der Waals surface area contributed by atoms with Gasteiger partial charge >= 0.3 is 5.97 Å². The Morgan fingerprint density at radius 2 is 2.06 bits per heavy atom. The average molecular weight is 242 g/mol. The number of aliphatic carboxylic acids is 1. The van der Waals surface area contributed by atoms with E-state index in [9.17, 15) is 14.7 Å². The van der Waals surface area contributed by atoms with Crippen LogP contribution < -0.4 is 5.32 Å². The molecule has 0 spiro atoms. The van der Waals surface area contributed by atoms with Crippen molar-refractivity contribution in [1.29, 1.82) is 0 Å². The minimum absolute atomic E-state index is 0.135.